The van der Waals surface area contributed by atoms with Crippen LogP contribution in [0.15, 0.2) is 24.3 Å². The van der Waals surface area contributed by atoms with Crippen LogP contribution in [-0.2, 0) is 0 Å². The molecule has 0 spiro atoms. The molecule has 0 heterocycles. The van der Waals surface area contributed by atoms with E-state index in [0.29, 0.717) is 5.92 Å². The predicted molar refractivity (Wildman–Crippen MR) is 75.5 cm³/mol. The summed E-state index contributed by atoms with van der Waals surface area (Å²) < 4.78 is 25.2. The van der Waals surface area contributed by atoms with Crippen molar-refractivity contribution in [3.8, 4) is 0 Å². The monoisotopic (exact) mass is 266 g/mol. The van der Waals surface area contributed by atoms with Crippen molar-refractivity contribution < 1.29 is 8.78 Å². The molecule has 0 aromatic heterocycles. The van der Waals surface area contributed by atoms with Crippen LogP contribution >= 0.6 is 0 Å². The third kappa shape index (κ3) is 4.59. The standard InChI is InChI=1S/C17H24F2/c18-12-3-1-2-5-14-8-10-15(11-9-14)16-6-4-7-17(19)13-16/h4,6-7,13-15H,1-3,5,8-12H2. The van der Waals surface area contributed by atoms with E-state index in [0.717, 1.165) is 24.3 Å². The minimum absolute atomic E-state index is 0.120. The summed E-state index contributed by atoms with van der Waals surface area (Å²) in [5.41, 5.74) is 1.16. The lowest BCUT2D eigenvalue weighted by molar-refractivity contribution is 0.300. The van der Waals surface area contributed by atoms with Gasteiger partial charge in [0.05, 0.1) is 6.67 Å². The summed E-state index contributed by atoms with van der Waals surface area (Å²) in [5, 5.41) is 0. The van der Waals surface area contributed by atoms with Crippen molar-refractivity contribution in [3.05, 3.63) is 35.6 Å². The highest BCUT2D eigenvalue weighted by molar-refractivity contribution is 5.21. The van der Waals surface area contributed by atoms with E-state index in [1.165, 1.54) is 44.6 Å². The summed E-state index contributed by atoms with van der Waals surface area (Å²) in [6, 6.07) is 7.06. The zero-order valence-electron chi connectivity index (χ0n) is 11.6. The smallest absolute Gasteiger partial charge is 0.123 e. The third-order valence-electron chi connectivity index (χ3n) is 4.41. The van der Waals surface area contributed by atoms with Crippen molar-refractivity contribution in [1.29, 1.82) is 0 Å². The minimum Gasteiger partial charge on any atom is -0.251 e. The van der Waals surface area contributed by atoms with Gasteiger partial charge < -0.3 is 0 Å². The quantitative estimate of drug-likeness (QED) is 0.585. The van der Waals surface area contributed by atoms with Crippen LogP contribution in [-0.4, -0.2) is 6.67 Å². The maximum Gasteiger partial charge on any atom is 0.123 e. The van der Waals surface area contributed by atoms with E-state index in [2.05, 4.69) is 6.07 Å². The lowest BCUT2D eigenvalue weighted by Gasteiger charge is -2.28. The SMILES string of the molecule is FCCCCCC1CCC(c2cccc(F)c2)CC1. The molecule has 1 fully saturated rings. The number of unbranched alkanes of at least 4 members (excludes halogenated alkanes) is 2. The summed E-state index contributed by atoms with van der Waals surface area (Å²) in [4.78, 5) is 0. The number of benzene rings is 1. The molecule has 0 atom stereocenters. The minimum atomic E-state index is -0.174. The first-order valence-corrected chi connectivity index (χ1v) is 7.61. The van der Waals surface area contributed by atoms with Crippen molar-refractivity contribution in [2.45, 2.75) is 57.3 Å². The Morgan fingerprint density at radius 1 is 1.00 bits per heavy atom. The summed E-state index contributed by atoms with van der Waals surface area (Å²) in [6.45, 7) is -0.174. The van der Waals surface area contributed by atoms with Gasteiger partial charge in [0.25, 0.3) is 0 Å². The Morgan fingerprint density at radius 2 is 1.79 bits per heavy atom. The second kappa shape index (κ2) is 7.62. The molecule has 2 heteroatoms. The second-order valence-electron chi connectivity index (χ2n) is 5.81. The van der Waals surface area contributed by atoms with Gasteiger partial charge in [0.15, 0.2) is 0 Å². The average molecular weight is 266 g/mol. The summed E-state index contributed by atoms with van der Waals surface area (Å²) in [5.74, 6) is 1.23. The number of alkyl halides is 1. The molecule has 1 aromatic rings. The predicted octanol–water partition coefficient (Wildman–Crippen LogP) is 5.63. The summed E-state index contributed by atoms with van der Waals surface area (Å²) in [6.07, 6.45) is 9.01. The van der Waals surface area contributed by atoms with Gasteiger partial charge in [-0.25, -0.2) is 4.39 Å². The molecule has 1 aromatic carbocycles. The molecule has 1 saturated carbocycles. The lowest BCUT2D eigenvalue weighted by atomic mass is 9.77. The average Bonchev–Trinajstić information content (AvgIpc) is 2.44. The highest BCUT2D eigenvalue weighted by atomic mass is 19.1. The van der Waals surface area contributed by atoms with Gasteiger partial charge in [0.1, 0.15) is 5.82 Å². The Balaban J connectivity index is 1.73. The van der Waals surface area contributed by atoms with Gasteiger partial charge in [-0.05, 0) is 61.6 Å². The maximum atomic E-state index is 13.2. The first kappa shape index (κ1) is 14.5. The highest BCUT2D eigenvalue weighted by Crippen LogP contribution is 2.37. The fourth-order valence-electron chi connectivity index (χ4n) is 3.25. The molecular weight excluding hydrogens is 242 g/mol. The third-order valence-corrected chi connectivity index (χ3v) is 4.41. The largest absolute Gasteiger partial charge is 0.251 e. The van der Waals surface area contributed by atoms with Crippen LogP contribution in [0.3, 0.4) is 0 Å². The number of hydrogen-bond acceptors (Lipinski definition) is 0. The fourth-order valence-corrected chi connectivity index (χ4v) is 3.25. The topological polar surface area (TPSA) is 0 Å². The van der Waals surface area contributed by atoms with E-state index >= 15 is 0 Å². The number of halogens is 2. The van der Waals surface area contributed by atoms with E-state index < -0.39 is 0 Å². The summed E-state index contributed by atoms with van der Waals surface area (Å²) >= 11 is 0. The molecule has 2 rings (SSSR count). The Morgan fingerprint density at radius 3 is 2.47 bits per heavy atom. The van der Waals surface area contributed by atoms with Gasteiger partial charge in [0.2, 0.25) is 0 Å². The van der Waals surface area contributed by atoms with E-state index in [9.17, 15) is 8.78 Å². The molecule has 0 aliphatic heterocycles. The normalized spacial score (nSPS) is 23.5. The molecule has 1 aliphatic rings. The van der Waals surface area contributed by atoms with Crippen molar-refractivity contribution >= 4 is 0 Å². The molecular formula is C17H24F2. The van der Waals surface area contributed by atoms with Gasteiger partial charge in [-0.15, -0.1) is 0 Å². The van der Waals surface area contributed by atoms with Crippen molar-refractivity contribution in [2.24, 2.45) is 5.92 Å². The van der Waals surface area contributed by atoms with Crippen LogP contribution in [0.4, 0.5) is 8.78 Å². The Labute approximate surface area is 115 Å². The van der Waals surface area contributed by atoms with Crippen molar-refractivity contribution in [1.82, 2.24) is 0 Å². The second-order valence-corrected chi connectivity index (χ2v) is 5.81. The highest BCUT2D eigenvalue weighted by Gasteiger charge is 2.22. The molecule has 1 aliphatic carbocycles. The molecule has 0 N–H and O–H groups in total. The maximum absolute atomic E-state index is 13.2. The van der Waals surface area contributed by atoms with Gasteiger partial charge in [-0.2, -0.15) is 0 Å². The van der Waals surface area contributed by atoms with E-state index in [1.807, 2.05) is 6.07 Å². The molecule has 0 nitrogen and oxygen atoms in total. The van der Waals surface area contributed by atoms with Gasteiger partial charge in [-0.3, -0.25) is 4.39 Å². The Hall–Kier alpha value is -0.920. The van der Waals surface area contributed by atoms with Crippen LogP contribution in [0.5, 0.6) is 0 Å². The van der Waals surface area contributed by atoms with E-state index in [1.54, 1.807) is 6.07 Å². The van der Waals surface area contributed by atoms with Crippen molar-refractivity contribution in [3.63, 3.8) is 0 Å². The van der Waals surface area contributed by atoms with Crippen LogP contribution in [0.25, 0.3) is 0 Å². The van der Waals surface area contributed by atoms with Gasteiger partial charge in [0, 0.05) is 0 Å². The van der Waals surface area contributed by atoms with Crippen molar-refractivity contribution in [2.75, 3.05) is 6.67 Å². The molecule has 0 bridgehead atoms. The first-order valence-electron chi connectivity index (χ1n) is 7.61. The van der Waals surface area contributed by atoms with Gasteiger partial charge in [-0.1, -0.05) is 31.4 Å². The number of hydrogen-bond donors (Lipinski definition) is 0. The molecule has 106 valence electrons. The summed E-state index contributed by atoms with van der Waals surface area (Å²) in [7, 11) is 0. The first-order chi connectivity index (χ1) is 9.29. The zero-order valence-corrected chi connectivity index (χ0v) is 11.6. The molecule has 0 amide bonds. The lowest BCUT2D eigenvalue weighted by Crippen LogP contribution is -2.13. The molecule has 0 radical (unpaired) electrons. The van der Waals surface area contributed by atoms with Gasteiger partial charge >= 0.3 is 0 Å². The molecule has 0 saturated heterocycles. The fraction of sp³-hybridized carbons (Fsp3) is 0.647. The van der Waals surface area contributed by atoms with Crippen LogP contribution in [0.1, 0.15) is 62.8 Å². The van der Waals surface area contributed by atoms with Crippen LogP contribution in [0.2, 0.25) is 0 Å². The molecule has 0 unspecified atom stereocenters. The van der Waals surface area contributed by atoms with Crippen LogP contribution < -0.4 is 0 Å². The zero-order chi connectivity index (χ0) is 13.5. The van der Waals surface area contributed by atoms with E-state index in [-0.39, 0.29) is 12.5 Å². The molecule has 19 heavy (non-hydrogen) atoms. The Bertz CT molecular complexity index is 367. The van der Waals surface area contributed by atoms with Crippen LogP contribution in [0, 0.1) is 11.7 Å². The Kier molecular flexibility index (Phi) is 5.81. The van der Waals surface area contributed by atoms with E-state index in [4.69, 9.17) is 0 Å². The number of rotatable bonds is 6.